The highest BCUT2D eigenvalue weighted by Gasteiger charge is 1.96. The first kappa shape index (κ1) is 12.7. The van der Waals surface area contributed by atoms with Gasteiger partial charge in [-0.2, -0.15) is 23.5 Å². The lowest BCUT2D eigenvalue weighted by atomic mass is 10.3. The Labute approximate surface area is 86.3 Å². The molecule has 0 spiro atoms. The summed E-state index contributed by atoms with van der Waals surface area (Å²) in [6, 6.07) is 0. The van der Waals surface area contributed by atoms with Crippen LogP contribution in [0.15, 0.2) is 0 Å². The largest absolute Gasteiger partial charge is 0.161 e. The molecule has 0 radical (unpaired) electrons. The highest BCUT2D eigenvalue weighted by molar-refractivity contribution is 8.02. The van der Waals surface area contributed by atoms with Gasteiger partial charge in [0.1, 0.15) is 0 Å². The van der Waals surface area contributed by atoms with E-state index >= 15 is 0 Å². The van der Waals surface area contributed by atoms with Gasteiger partial charge in [-0.05, 0) is 23.3 Å². The lowest BCUT2D eigenvalue weighted by Crippen LogP contribution is -1.96. The molecule has 0 nitrogen and oxygen atoms in total. The first-order valence-electron chi connectivity index (χ1n) is 4.78. The molecule has 12 heavy (non-hydrogen) atoms. The lowest BCUT2D eigenvalue weighted by molar-refractivity contribution is 0.749. The summed E-state index contributed by atoms with van der Waals surface area (Å²) in [4.78, 5) is 0. The van der Waals surface area contributed by atoms with Gasteiger partial charge >= 0.3 is 0 Å². The van der Waals surface area contributed by atoms with E-state index in [1.165, 1.54) is 23.0 Å². The number of hydrogen-bond acceptors (Lipinski definition) is 2. The molecule has 0 aromatic rings. The number of thioether (sulfide) groups is 2. The third-order valence-electron chi connectivity index (χ3n) is 1.27. The van der Waals surface area contributed by atoms with Crippen molar-refractivity contribution in [2.45, 2.75) is 27.7 Å². The standard InChI is InChI=1S/C10H22S2/c1-9(2)7-11-5-6-12-8-10(3)4/h9-10H,5-8H2,1-4H3. The smallest absolute Gasteiger partial charge is 0.00236 e. The fraction of sp³-hybridized carbons (Fsp3) is 1.00. The Balaban J connectivity index is 2.91. The van der Waals surface area contributed by atoms with Gasteiger partial charge in [0, 0.05) is 11.5 Å². The van der Waals surface area contributed by atoms with Crippen LogP contribution >= 0.6 is 23.5 Å². The number of rotatable bonds is 7. The van der Waals surface area contributed by atoms with Crippen molar-refractivity contribution in [1.29, 1.82) is 0 Å². The molecule has 0 saturated carbocycles. The van der Waals surface area contributed by atoms with E-state index in [0.29, 0.717) is 0 Å². The molecule has 0 N–H and O–H groups in total. The molecule has 0 aliphatic rings. The Morgan fingerprint density at radius 1 is 0.750 bits per heavy atom. The number of hydrogen-bond donors (Lipinski definition) is 0. The zero-order valence-corrected chi connectivity index (χ0v) is 10.4. The quantitative estimate of drug-likeness (QED) is 0.582. The highest BCUT2D eigenvalue weighted by atomic mass is 32.2. The van der Waals surface area contributed by atoms with Crippen molar-refractivity contribution in [2.75, 3.05) is 23.0 Å². The predicted octanol–water partition coefficient (Wildman–Crippen LogP) is 3.76. The first-order chi connectivity index (χ1) is 5.63. The van der Waals surface area contributed by atoms with Gasteiger partial charge in [-0.3, -0.25) is 0 Å². The second kappa shape index (κ2) is 8.31. The normalized spacial score (nSPS) is 11.5. The topological polar surface area (TPSA) is 0 Å². The Bertz CT molecular complexity index is 77.8. The molecule has 0 fully saturated rings. The summed E-state index contributed by atoms with van der Waals surface area (Å²) in [5, 5.41) is 0. The van der Waals surface area contributed by atoms with Crippen molar-refractivity contribution >= 4 is 23.5 Å². The third kappa shape index (κ3) is 10.7. The molecule has 0 aliphatic carbocycles. The monoisotopic (exact) mass is 206 g/mol. The highest BCUT2D eigenvalue weighted by Crippen LogP contribution is 2.12. The van der Waals surface area contributed by atoms with Gasteiger partial charge in [0.25, 0.3) is 0 Å². The molecule has 0 bridgehead atoms. The molecule has 0 unspecified atom stereocenters. The van der Waals surface area contributed by atoms with E-state index in [4.69, 9.17) is 0 Å². The van der Waals surface area contributed by atoms with Gasteiger partial charge in [0.15, 0.2) is 0 Å². The summed E-state index contributed by atoms with van der Waals surface area (Å²) in [5.41, 5.74) is 0. The zero-order valence-electron chi connectivity index (χ0n) is 8.80. The maximum Gasteiger partial charge on any atom is 0.00236 e. The van der Waals surface area contributed by atoms with E-state index in [1.807, 2.05) is 0 Å². The molecule has 74 valence electrons. The summed E-state index contributed by atoms with van der Waals surface area (Å²) < 4.78 is 0. The van der Waals surface area contributed by atoms with Gasteiger partial charge in [0.2, 0.25) is 0 Å². The van der Waals surface area contributed by atoms with Crippen molar-refractivity contribution in [2.24, 2.45) is 11.8 Å². The molecule has 0 aliphatic heterocycles. The van der Waals surface area contributed by atoms with Crippen molar-refractivity contribution < 1.29 is 0 Å². The second-order valence-corrected chi connectivity index (χ2v) is 6.24. The van der Waals surface area contributed by atoms with Crippen LogP contribution in [0.5, 0.6) is 0 Å². The van der Waals surface area contributed by atoms with Crippen LogP contribution in [0.1, 0.15) is 27.7 Å². The molecule has 0 aromatic carbocycles. The minimum atomic E-state index is 0.852. The summed E-state index contributed by atoms with van der Waals surface area (Å²) >= 11 is 4.18. The molecule has 0 saturated heterocycles. The zero-order chi connectivity index (χ0) is 9.40. The van der Waals surface area contributed by atoms with Crippen molar-refractivity contribution in [3.63, 3.8) is 0 Å². The van der Waals surface area contributed by atoms with Crippen LogP contribution in [0.25, 0.3) is 0 Å². The van der Waals surface area contributed by atoms with Gasteiger partial charge in [-0.15, -0.1) is 0 Å². The Morgan fingerprint density at radius 2 is 1.08 bits per heavy atom. The predicted molar refractivity (Wildman–Crippen MR) is 64.3 cm³/mol. The molecule has 0 aromatic heterocycles. The second-order valence-electron chi connectivity index (χ2n) is 3.94. The molecule has 0 rings (SSSR count). The average Bonchev–Trinajstić information content (AvgIpc) is 1.95. The maximum atomic E-state index is 2.29. The fourth-order valence-electron chi connectivity index (χ4n) is 0.756. The Hall–Kier alpha value is 0.700. The van der Waals surface area contributed by atoms with Crippen LogP contribution in [0.4, 0.5) is 0 Å². The van der Waals surface area contributed by atoms with Crippen molar-refractivity contribution in [1.82, 2.24) is 0 Å². The minimum Gasteiger partial charge on any atom is -0.161 e. The maximum absolute atomic E-state index is 2.29. The minimum absolute atomic E-state index is 0.852. The van der Waals surface area contributed by atoms with Crippen molar-refractivity contribution in [3.8, 4) is 0 Å². The third-order valence-corrected chi connectivity index (χ3v) is 4.32. The summed E-state index contributed by atoms with van der Waals surface area (Å²) in [7, 11) is 0. The van der Waals surface area contributed by atoms with E-state index in [1.54, 1.807) is 0 Å². The molecule has 2 heteroatoms. The fourth-order valence-corrected chi connectivity index (χ4v) is 2.97. The van der Waals surface area contributed by atoms with Gasteiger partial charge in [0.05, 0.1) is 0 Å². The van der Waals surface area contributed by atoms with Gasteiger partial charge in [-0.1, -0.05) is 27.7 Å². The van der Waals surface area contributed by atoms with E-state index < -0.39 is 0 Å². The van der Waals surface area contributed by atoms with E-state index in [0.717, 1.165) is 11.8 Å². The first-order valence-corrected chi connectivity index (χ1v) is 7.09. The molecule has 0 heterocycles. The average molecular weight is 206 g/mol. The summed E-state index contributed by atoms with van der Waals surface area (Å²) in [5.74, 6) is 7.01. The molecule has 0 amide bonds. The van der Waals surface area contributed by atoms with Crippen LogP contribution < -0.4 is 0 Å². The van der Waals surface area contributed by atoms with Crippen molar-refractivity contribution in [3.05, 3.63) is 0 Å². The van der Waals surface area contributed by atoms with Gasteiger partial charge in [-0.25, -0.2) is 0 Å². The van der Waals surface area contributed by atoms with Crippen LogP contribution in [-0.4, -0.2) is 23.0 Å². The van der Waals surface area contributed by atoms with Crippen LogP contribution in [0.3, 0.4) is 0 Å². The molecule has 0 atom stereocenters. The summed E-state index contributed by atoms with van der Waals surface area (Å²) in [6.07, 6.45) is 0. The molecular formula is C10H22S2. The van der Waals surface area contributed by atoms with E-state index in [9.17, 15) is 0 Å². The SMILES string of the molecule is CC(C)CSCCSCC(C)C. The van der Waals surface area contributed by atoms with E-state index in [-0.39, 0.29) is 0 Å². The van der Waals surface area contributed by atoms with E-state index in [2.05, 4.69) is 51.2 Å². The summed E-state index contributed by atoms with van der Waals surface area (Å²) in [6.45, 7) is 9.14. The van der Waals surface area contributed by atoms with Crippen LogP contribution in [-0.2, 0) is 0 Å². The van der Waals surface area contributed by atoms with Gasteiger partial charge < -0.3 is 0 Å². The lowest BCUT2D eigenvalue weighted by Gasteiger charge is -2.05. The Morgan fingerprint density at radius 3 is 1.33 bits per heavy atom. The van der Waals surface area contributed by atoms with Crippen LogP contribution in [0, 0.1) is 11.8 Å². The Kier molecular flexibility index (Phi) is 8.79. The van der Waals surface area contributed by atoms with Crippen LogP contribution in [0.2, 0.25) is 0 Å². The molecular weight excluding hydrogens is 184 g/mol.